The van der Waals surface area contributed by atoms with Crippen LogP contribution in [-0.4, -0.2) is 27.8 Å². The van der Waals surface area contributed by atoms with Gasteiger partial charge in [-0.15, -0.1) is 12.4 Å². The van der Waals surface area contributed by atoms with Crippen molar-refractivity contribution >= 4 is 30.0 Å². The maximum Gasteiger partial charge on any atom is 0.324 e. The van der Waals surface area contributed by atoms with E-state index in [4.69, 9.17) is 27.5 Å². The first-order valence-corrected chi connectivity index (χ1v) is 2.30. The van der Waals surface area contributed by atoms with Crippen molar-refractivity contribution in [3.63, 3.8) is 0 Å². The Labute approximate surface area is 63.0 Å². The fourth-order valence-electron chi connectivity index (χ4n) is 0.118. The van der Waals surface area contributed by atoms with Crippen LogP contribution < -0.4 is 5.73 Å². The summed E-state index contributed by atoms with van der Waals surface area (Å²) in [5, 5.41) is 16.2. The van der Waals surface area contributed by atoms with Crippen molar-refractivity contribution in [1.82, 2.24) is 0 Å². The molecule has 0 rings (SSSR count). The summed E-state index contributed by atoms with van der Waals surface area (Å²) in [6, 6.07) is -1.39. The maximum absolute atomic E-state index is 9.77. The summed E-state index contributed by atoms with van der Waals surface area (Å²) in [6.45, 7) is 0. The van der Waals surface area contributed by atoms with Gasteiger partial charge in [-0.25, -0.2) is 0 Å². The van der Waals surface area contributed by atoms with Crippen LogP contribution >= 0.6 is 24.0 Å². The summed E-state index contributed by atoms with van der Waals surface area (Å²) in [7, 11) is 0. The molecule has 2 atom stereocenters. The Morgan fingerprint density at radius 3 is 2.00 bits per heavy atom. The third kappa shape index (κ3) is 4.47. The molecule has 0 aliphatic heterocycles. The van der Waals surface area contributed by atoms with Gasteiger partial charge in [-0.3, -0.25) is 4.79 Å². The van der Waals surface area contributed by atoms with Crippen LogP contribution in [0.15, 0.2) is 0 Å². The van der Waals surface area contributed by atoms with Gasteiger partial charge < -0.3 is 15.9 Å². The second-order valence-corrected chi connectivity index (χ2v) is 1.68. The van der Waals surface area contributed by atoms with Crippen LogP contribution in [0.1, 0.15) is 0 Å². The van der Waals surface area contributed by atoms with Crippen molar-refractivity contribution in [2.45, 2.75) is 11.6 Å². The van der Waals surface area contributed by atoms with Crippen LogP contribution in [0, 0.1) is 0 Å². The van der Waals surface area contributed by atoms with E-state index in [1.165, 1.54) is 0 Å². The van der Waals surface area contributed by atoms with Crippen molar-refractivity contribution in [3.8, 4) is 0 Å². The zero-order chi connectivity index (χ0) is 6.73. The lowest BCUT2D eigenvalue weighted by molar-refractivity contribution is -0.139. The van der Waals surface area contributed by atoms with E-state index in [1.807, 2.05) is 0 Å². The summed E-state index contributed by atoms with van der Waals surface area (Å²) in [6.07, 6.45) is 0. The number of carboxylic acids is 1. The number of aliphatic carboxylic acids is 1. The normalized spacial score (nSPS) is 15.4. The zero-order valence-corrected chi connectivity index (χ0v) is 5.89. The Hall–Kier alpha value is -0.0300. The fourth-order valence-corrected chi connectivity index (χ4v) is 0.225. The van der Waals surface area contributed by atoms with Gasteiger partial charge >= 0.3 is 5.97 Å². The highest BCUT2D eigenvalue weighted by Gasteiger charge is 2.18. The lowest BCUT2D eigenvalue weighted by Gasteiger charge is -2.04. The molecule has 0 amide bonds. The molecule has 1 unspecified atom stereocenters. The second kappa shape index (κ2) is 4.81. The van der Waals surface area contributed by atoms with Gasteiger partial charge in [-0.2, -0.15) is 0 Å². The second-order valence-electron chi connectivity index (χ2n) is 1.24. The summed E-state index contributed by atoms with van der Waals surface area (Å²) >= 11 is 4.87. The van der Waals surface area contributed by atoms with E-state index in [-0.39, 0.29) is 12.4 Å². The standard InChI is InChI=1S/C3H6ClNO3.ClH/c4-2(6)1(5)3(7)8;/h1-2,6H,5H2,(H,7,8);1H/t1-,2?;/m0./s1. The molecule has 0 aromatic carbocycles. The monoisotopic (exact) mass is 175 g/mol. The van der Waals surface area contributed by atoms with Crippen LogP contribution in [0.25, 0.3) is 0 Å². The highest BCUT2D eigenvalue weighted by molar-refractivity contribution is 6.21. The van der Waals surface area contributed by atoms with Gasteiger partial charge in [0.2, 0.25) is 0 Å². The smallest absolute Gasteiger partial charge is 0.324 e. The third-order valence-electron chi connectivity index (χ3n) is 0.581. The first kappa shape index (κ1) is 11.7. The lowest BCUT2D eigenvalue weighted by Crippen LogP contribution is -2.38. The summed E-state index contributed by atoms with van der Waals surface area (Å²) < 4.78 is 0. The quantitative estimate of drug-likeness (QED) is 0.489. The number of aliphatic hydroxyl groups is 1. The molecule has 0 aromatic rings. The SMILES string of the molecule is Cl.N[C@H](C(=O)O)C(O)Cl. The topological polar surface area (TPSA) is 83.6 Å². The maximum atomic E-state index is 9.77. The highest BCUT2D eigenvalue weighted by atomic mass is 35.5. The number of carboxylic acid groups (broad SMARTS) is 1. The number of alkyl halides is 1. The number of halogens is 2. The first-order valence-electron chi connectivity index (χ1n) is 1.86. The minimum atomic E-state index is -1.51. The summed E-state index contributed by atoms with van der Waals surface area (Å²) in [5.41, 5.74) is 3.27. The fraction of sp³-hybridized carbons (Fsp3) is 0.667. The molecule has 0 radical (unpaired) electrons. The minimum Gasteiger partial charge on any atom is -0.480 e. The molecule has 0 saturated heterocycles. The third-order valence-corrected chi connectivity index (χ3v) is 0.853. The Morgan fingerprint density at radius 2 is 2.00 bits per heavy atom. The van der Waals surface area contributed by atoms with Gasteiger partial charge in [0.25, 0.3) is 0 Å². The van der Waals surface area contributed by atoms with E-state index in [0.29, 0.717) is 0 Å². The Bertz CT molecular complexity index is 97.1. The largest absolute Gasteiger partial charge is 0.480 e. The Kier molecular flexibility index (Phi) is 6.27. The number of hydrogen-bond acceptors (Lipinski definition) is 3. The van der Waals surface area contributed by atoms with E-state index in [2.05, 4.69) is 0 Å². The van der Waals surface area contributed by atoms with Crippen molar-refractivity contribution in [2.24, 2.45) is 5.73 Å². The van der Waals surface area contributed by atoms with E-state index >= 15 is 0 Å². The molecule has 9 heavy (non-hydrogen) atoms. The molecular weight excluding hydrogens is 169 g/mol. The lowest BCUT2D eigenvalue weighted by atomic mass is 10.3. The van der Waals surface area contributed by atoms with Gasteiger partial charge in [0.15, 0.2) is 5.56 Å². The van der Waals surface area contributed by atoms with Gasteiger partial charge in [0.05, 0.1) is 0 Å². The first-order chi connectivity index (χ1) is 3.55. The van der Waals surface area contributed by atoms with E-state index < -0.39 is 17.6 Å². The van der Waals surface area contributed by atoms with Gasteiger partial charge in [-0.05, 0) is 0 Å². The molecule has 6 heteroatoms. The number of rotatable bonds is 2. The van der Waals surface area contributed by atoms with Crippen LogP contribution in [-0.2, 0) is 4.79 Å². The van der Waals surface area contributed by atoms with Crippen molar-refractivity contribution in [3.05, 3.63) is 0 Å². The number of hydrogen-bond donors (Lipinski definition) is 3. The van der Waals surface area contributed by atoms with E-state index in [0.717, 1.165) is 0 Å². The molecule has 0 fully saturated rings. The number of nitrogens with two attached hydrogens (primary N) is 1. The zero-order valence-electron chi connectivity index (χ0n) is 4.32. The molecular formula is C3H7Cl2NO3. The van der Waals surface area contributed by atoms with Crippen LogP contribution in [0.2, 0.25) is 0 Å². The van der Waals surface area contributed by atoms with Crippen molar-refractivity contribution in [2.75, 3.05) is 0 Å². The highest BCUT2D eigenvalue weighted by Crippen LogP contribution is 1.93. The van der Waals surface area contributed by atoms with Gasteiger partial charge in [0.1, 0.15) is 6.04 Å². The average molecular weight is 176 g/mol. The molecule has 56 valence electrons. The summed E-state index contributed by atoms with van der Waals surface area (Å²) in [4.78, 5) is 9.77. The molecule has 0 aliphatic rings. The van der Waals surface area contributed by atoms with Crippen molar-refractivity contribution in [1.29, 1.82) is 0 Å². The van der Waals surface area contributed by atoms with E-state index in [9.17, 15) is 4.79 Å². The predicted molar refractivity (Wildman–Crippen MR) is 34.7 cm³/mol. The molecule has 0 spiro atoms. The van der Waals surface area contributed by atoms with Crippen molar-refractivity contribution < 1.29 is 15.0 Å². The Balaban J connectivity index is 0. The Morgan fingerprint density at radius 1 is 1.67 bits per heavy atom. The molecule has 0 aromatic heterocycles. The predicted octanol–water partition coefficient (Wildman–Crippen LogP) is -0.623. The average Bonchev–Trinajstić information content (AvgIpc) is 1.64. The molecule has 0 aliphatic carbocycles. The molecule has 4 N–H and O–H groups in total. The van der Waals surface area contributed by atoms with Crippen LogP contribution in [0.3, 0.4) is 0 Å². The molecule has 0 bridgehead atoms. The van der Waals surface area contributed by atoms with Gasteiger partial charge in [0, 0.05) is 0 Å². The molecule has 4 nitrogen and oxygen atoms in total. The number of aliphatic hydroxyl groups excluding tert-OH is 1. The summed E-state index contributed by atoms with van der Waals surface area (Å²) in [5.74, 6) is -1.31. The minimum absolute atomic E-state index is 0. The van der Waals surface area contributed by atoms with Crippen LogP contribution in [0.5, 0.6) is 0 Å². The molecule has 0 heterocycles. The van der Waals surface area contributed by atoms with E-state index in [1.54, 1.807) is 0 Å². The molecule has 0 saturated carbocycles. The van der Waals surface area contributed by atoms with Crippen LogP contribution in [0.4, 0.5) is 0 Å². The number of carbonyl (C=O) groups is 1. The van der Waals surface area contributed by atoms with Gasteiger partial charge in [-0.1, -0.05) is 11.6 Å².